The second-order valence-electron chi connectivity index (χ2n) is 2.35. The molecule has 0 heterocycles. The molecular formula is C8H8FIO. The average Bonchev–Trinajstić information content (AvgIpc) is 1.94. The van der Waals surface area contributed by atoms with Crippen molar-refractivity contribution in [3.05, 3.63) is 33.1 Å². The molecule has 1 nitrogen and oxygen atoms in total. The maximum Gasteiger partial charge on any atom is 0.136 e. The second-order valence-corrected chi connectivity index (χ2v) is 3.51. The lowest BCUT2D eigenvalue weighted by atomic mass is 10.1. The molecule has 0 aliphatic rings. The van der Waals surface area contributed by atoms with Crippen molar-refractivity contribution < 1.29 is 9.50 Å². The highest BCUT2D eigenvalue weighted by atomic mass is 127. The van der Waals surface area contributed by atoms with Crippen molar-refractivity contribution in [3.8, 4) is 0 Å². The van der Waals surface area contributed by atoms with Gasteiger partial charge in [-0.15, -0.1) is 0 Å². The van der Waals surface area contributed by atoms with Gasteiger partial charge >= 0.3 is 0 Å². The molecule has 0 aromatic heterocycles. The van der Waals surface area contributed by atoms with Crippen molar-refractivity contribution in [1.29, 1.82) is 0 Å². The zero-order valence-corrected chi connectivity index (χ0v) is 8.17. The normalized spacial score (nSPS) is 13.1. The monoisotopic (exact) mass is 266 g/mol. The van der Waals surface area contributed by atoms with Crippen LogP contribution in [0.4, 0.5) is 4.39 Å². The summed E-state index contributed by atoms with van der Waals surface area (Å²) in [6, 6.07) is 4.59. The SMILES string of the molecule is CC(O)c1ccc(F)c(I)c1. The highest BCUT2D eigenvalue weighted by Crippen LogP contribution is 2.17. The van der Waals surface area contributed by atoms with Crippen LogP contribution in [-0.4, -0.2) is 5.11 Å². The van der Waals surface area contributed by atoms with Gasteiger partial charge in [0.1, 0.15) is 5.82 Å². The van der Waals surface area contributed by atoms with E-state index in [9.17, 15) is 4.39 Å². The highest BCUT2D eigenvalue weighted by molar-refractivity contribution is 14.1. The van der Waals surface area contributed by atoms with Crippen molar-refractivity contribution in [2.45, 2.75) is 13.0 Å². The average molecular weight is 266 g/mol. The molecule has 1 aromatic carbocycles. The minimum Gasteiger partial charge on any atom is -0.389 e. The number of halogens is 2. The Morgan fingerprint density at radius 3 is 2.64 bits per heavy atom. The summed E-state index contributed by atoms with van der Waals surface area (Å²) in [4.78, 5) is 0. The largest absolute Gasteiger partial charge is 0.389 e. The van der Waals surface area contributed by atoms with Gasteiger partial charge in [-0.25, -0.2) is 4.39 Å². The summed E-state index contributed by atoms with van der Waals surface area (Å²) in [5.41, 5.74) is 0.746. The first-order valence-corrected chi connectivity index (χ1v) is 4.32. The Balaban J connectivity index is 3.05. The van der Waals surface area contributed by atoms with Crippen LogP contribution in [0, 0.1) is 9.39 Å². The predicted octanol–water partition coefficient (Wildman–Crippen LogP) is 2.48. The molecule has 0 bridgehead atoms. The van der Waals surface area contributed by atoms with Gasteiger partial charge in [0.15, 0.2) is 0 Å². The molecule has 0 aliphatic carbocycles. The van der Waals surface area contributed by atoms with Crippen LogP contribution in [0.3, 0.4) is 0 Å². The molecule has 11 heavy (non-hydrogen) atoms. The Morgan fingerprint density at radius 1 is 1.55 bits per heavy atom. The molecule has 1 aromatic rings. The van der Waals surface area contributed by atoms with Crippen molar-refractivity contribution in [2.75, 3.05) is 0 Å². The molecular weight excluding hydrogens is 258 g/mol. The summed E-state index contributed by atoms with van der Waals surface area (Å²) in [6.07, 6.45) is -0.524. The smallest absolute Gasteiger partial charge is 0.136 e. The van der Waals surface area contributed by atoms with Gasteiger partial charge in [0, 0.05) is 3.57 Å². The third-order valence-corrected chi connectivity index (χ3v) is 2.25. The van der Waals surface area contributed by atoms with E-state index < -0.39 is 6.10 Å². The molecule has 1 unspecified atom stereocenters. The summed E-state index contributed by atoms with van der Waals surface area (Å²) >= 11 is 1.90. The summed E-state index contributed by atoms with van der Waals surface area (Å²) < 4.78 is 13.2. The van der Waals surface area contributed by atoms with Crippen molar-refractivity contribution in [1.82, 2.24) is 0 Å². The number of benzene rings is 1. The van der Waals surface area contributed by atoms with Gasteiger partial charge in [-0.1, -0.05) is 6.07 Å². The Labute approximate surface area is 78.4 Å². The number of hydrogen-bond donors (Lipinski definition) is 1. The van der Waals surface area contributed by atoms with E-state index in [0.29, 0.717) is 3.57 Å². The minimum atomic E-state index is -0.524. The Kier molecular flexibility index (Phi) is 2.84. The zero-order valence-electron chi connectivity index (χ0n) is 6.01. The molecule has 0 saturated heterocycles. The molecule has 0 fully saturated rings. The van der Waals surface area contributed by atoms with E-state index in [2.05, 4.69) is 0 Å². The standard InChI is InChI=1S/C8H8FIO/c1-5(11)6-2-3-7(9)8(10)4-6/h2-5,11H,1H3. The lowest BCUT2D eigenvalue weighted by molar-refractivity contribution is 0.199. The molecule has 0 saturated carbocycles. The number of hydrogen-bond acceptors (Lipinski definition) is 1. The van der Waals surface area contributed by atoms with Crippen LogP contribution in [-0.2, 0) is 0 Å². The van der Waals surface area contributed by atoms with Crippen molar-refractivity contribution in [3.63, 3.8) is 0 Å². The van der Waals surface area contributed by atoms with Crippen LogP contribution in [0.2, 0.25) is 0 Å². The predicted molar refractivity (Wildman–Crippen MR) is 49.8 cm³/mol. The van der Waals surface area contributed by atoms with Gasteiger partial charge in [-0.2, -0.15) is 0 Å². The summed E-state index contributed by atoms with van der Waals surface area (Å²) in [5.74, 6) is -0.241. The van der Waals surface area contributed by atoms with Crippen LogP contribution < -0.4 is 0 Å². The second kappa shape index (κ2) is 3.49. The van der Waals surface area contributed by atoms with E-state index in [0.717, 1.165) is 5.56 Å². The van der Waals surface area contributed by atoms with Gasteiger partial charge in [-0.3, -0.25) is 0 Å². The van der Waals surface area contributed by atoms with Crippen LogP contribution in [0.25, 0.3) is 0 Å². The van der Waals surface area contributed by atoms with Crippen molar-refractivity contribution in [2.24, 2.45) is 0 Å². The van der Waals surface area contributed by atoms with Crippen LogP contribution >= 0.6 is 22.6 Å². The fourth-order valence-electron chi connectivity index (χ4n) is 0.772. The lowest BCUT2D eigenvalue weighted by Gasteiger charge is -2.04. The molecule has 0 amide bonds. The van der Waals surface area contributed by atoms with E-state index in [4.69, 9.17) is 5.11 Å². The Morgan fingerprint density at radius 2 is 2.18 bits per heavy atom. The molecule has 60 valence electrons. The summed E-state index contributed by atoms with van der Waals surface area (Å²) in [7, 11) is 0. The summed E-state index contributed by atoms with van der Waals surface area (Å²) in [5, 5.41) is 9.11. The Hall–Kier alpha value is -0.160. The molecule has 1 atom stereocenters. The Bertz CT molecular complexity index is 260. The molecule has 1 rings (SSSR count). The fraction of sp³-hybridized carbons (Fsp3) is 0.250. The third kappa shape index (κ3) is 2.13. The lowest BCUT2D eigenvalue weighted by Crippen LogP contribution is -1.92. The van der Waals surface area contributed by atoms with E-state index in [-0.39, 0.29) is 5.82 Å². The maximum atomic E-state index is 12.7. The molecule has 3 heteroatoms. The number of aliphatic hydroxyl groups is 1. The van der Waals surface area contributed by atoms with E-state index in [1.54, 1.807) is 19.1 Å². The maximum absolute atomic E-state index is 12.7. The van der Waals surface area contributed by atoms with Crippen LogP contribution in [0.15, 0.2) is 18.2 Å². The first-order chi connectivity index (χ1) is 5.11. The summed E-state index contributed by atoms with van der Waals surface area (Å²) in [6.45, 7) is 1.66. The van der Waals surface area contributed by atoms with Gasteiger partial charge in [-0.05, 0) is 47.2 Å². The van der Waals surface area contributed by atoms with E-state index in [1.807, 2.05) is 22.6 Å². The van der Waals surface area contributed by atoms with Gasteiger partial charge in [0.2, 0.25) is 0 Å². The number of aliphatic hydroxyl groups excluding tert-OH is 1. The number of rotatable bonds is 1. The van der Waals surface area contributed by atoms with E-state index >= 15 is 0 Å². The first-order valence-electron chi connectivity index (χ1n) is 3.24. The molecule has 1 N–H and O–H groups in total. The topological polar surface area (TPSA) is 20.2 Å². The quantitative estimate of drug-likeness (QED) is 0.774. The van der Waals surface area contributed by atoms with Gasteiger partial charge in [0.25, 0.3) is 0 Å². The highest BCUT2D eigenvalue weighted by Gasteiger charge is 2.03. The van der Waals surface area contributed by atoms with Crippen LogP contribution in [0.1, 0.15) is 18.6 Å². The molecule has 0 aliphatic heterocycles. The zero-order chi connectivity index (χ0) is 8.43. The van der Waals surface area contributed by atoms with Crippen molar-refractivity contribution >= 4 is 22.6 Å². The van der Waals surface area contributed by atoms with Crippen LogP contribution in [0.5, 0.6) is 0 Å². The third-order valence-electron chi connectivity index (χ3n) is 1.43. The fourth-order valence-corrected chi connectivity index (χ4v) is 1.31. The minimum absolute atomic E-state index is 0.241. The molecule has 0 spiro atoms. The first kappa shape index (κ1) is 8.93. The van der Waals surface area contributed by atoms with Gasteiger partial charge < -0.3 is 5.11 Å². The molecule has 0 radical (unpaired) electrons. The van der Waals surface area contributed by atoms with E-state index in [1.165, 1.54) is 6.07 Å². The van der Waals surface area contributed by atoms with Gasteiger partial charge in [0.05, 0.1) is 6.10 Å².